The van der Waals surface area contributed by atoms with Crippen molar-refractivity contribution in [3.63, 3.8) is 0 Å². The minimum absolute atomic E-state index is 0.0553. The smallest absolute Gasteiger partial charge is 0.211 e. The van der Waals surface area contributed by atoms with Crippen molar-refractivity contribution in [2.45, 2.75) is 65.5 Å². The van der Waals surface area contributed by atoms with Crippen molar-refractivity contribution in [3.05, 3.63) is 34.4 Å². The molecule has 4 rings (SSSR count). The Hall–Kier alpha value is -2.64. The molecule has 0 spiro atoms. The summed E-state index contributed by atoms with van der Waals surface area (Å²) < 4.78 is 17.8. The van der Waals surface area contributed by atoms with Crippen molar-refractivity contribution < 1.29 is 24.4 Å². The lowest BCUT2D eigenvalue weighted by molar-refractivity contribution is 0.192. The summed E-state index contributed by atoms with van der Waals surface area (Å²) in [7, 11) is 7.36. The lowest BCUT2D eigenvalue weighted by Crippen LogP contribution is -2.33. The summed E-state index contributed by atoms with van der Waals surface area (Å²) >= 11 is 0. The van der Waals surface area contributed by atoms with E-state index in [0.29, 0.717) is 29.1 Å². The van der Waals surface area contributed by atoms with Crippen molar-refractivity contribution >= 4 is 0 Å². The van der Waals surface area contributed by atoms with Crippen LogP contribution in [0.4, 0.5) is 0 Å². The molecule has 2 heterocycles. The highest BCUT2D eigenvalue weighted by atomic mass is 16.5. The average Bonchev–Trinajstić information content (AvgIpc) is 2.84. The number of ether oxygens (including phenoxy) is 3. The number of fused-ring (bicyclic) bond motifs is 2. The van der Waals surface area contributed by atoms with Gasteiger partial charge in [0.25, 0.3) is 0 Å². The van der Waals surface area contributed by atoms with Gasteiger partial charge in [0.2, 0.25) is 11.5 Å². The Morgan fingerprint density at radius 3 is 1.76 bits per heavy atom. The molecule has 2 aliphatic heterocycles. The van der Waals surface area contributed by atoms with Gasteiger partial charge in [0, 0.05) is 36.3 Å². The first-order valence-corrected chi connectivity index (χ1v) is 13.5. The van der Waals surface area contributed by atoms with Crippen LogP contribution in [-0.2, 0) is 12.8 Å². The van der Waals surface area contributed by atoms with Crippen LogP contribution in [0.5, 0.6) is 34.5 Å². The maximum absolute atomic E-state index is 11.7. The molecule has 0 aromatic heterocycles. The van der Waals surface area contributed by atoms with Crippen molar-refractivity contribution in [2.24, 2.45) is 11.8 Å². The van der Waals surface area contributed by atoms with Gasteiger partial charge in [0.15, 0.2) is 23.0 Å². The number of methoxy groups -OCH3 is 2. The third kappa shape index (κ3) is 5.21. The summed E-state index contributed by atoms with van der Waals surface area (Å²) in [6.07, 6.45) is 3.48. The Bertz CT molecular complexity index is 1130. The molecule has 204 valence electrons. The van der Waals surface area contributed by atoms with Gasteiger partial charge in [-0.25, -0.2) is 0 Å². The van der Waals surface area contributed by atoms with Crippen LogP contribution in [0, 0.1) is 11.8 Å². The van der Waals surface area contributed by atoms with E-state index in [9.17, 15) is 10.2 Å². The molecule has 2 aliphatic rings. The Kier molecular flexibility index (Phi) is 8.14. The molecule has 2 N–H and O–H groups in total. The van der Waals surface area contributed by atoms with E-state index in [1.54, 1.807) is 14.2 Å². The molecule has 0 saturated heterocycles. The zero-order valence-electron chi connectivity index (χ0n) is 23.7. The first-order valence-electron chi connectivity index (χ1n) is 13.5. The molecule has 0 aliphatic carbocycles. The van der Waals surface area contributed by atoms with Gasteiger partial charge in [-0.2, -0.15) is 0 Å². The molecular weight excluding hydrogens is 468 g/mol. The number of phenolic OH excluding ortho intramolecular Hbond substituents is 2. The zero-order chi connectivity index (χ0) is 27.0. The number of hydrogen-bond acceptors (Lipinski definition) is 7. The van der Waals surface area contributed by atoms with Gasteiger partial charge in [0.1, 0.15) is 0 Å². The highest BCUT2D eigenvalue weighted by Crippen LogP contribution is 2.54. The number of phenols is 2. The summed E-state index contributed by atoms with van der Waals surface area (Å²) in [6.45, 7) is 10.6. The highest BCUT2D eigenvalue weighted by Gasteiger charge is 2.36. The van der Waals surface area contributed by atoms with Crippen LogP contribution in [0.25, 0.3) is 0 Å². The third-order valence-corrected chi connectivity index (χ3v) is 7.92. The van der Waals surface area contributed by atoms with Crippen LogP contribution in [0.3, 0.4) is 0 Å². The molecule has 2 aromatic carbocycles. The molecule has 0 radical (unpaired) electrons. The van der Waals surface area contributed by atoms with E-state index in [1.807, 2.05) is 12.1 Å². The van der Waals surface area contributed by atoms with E-state index in [0.717, 1.165) is 61.0 Å². The summed E-state index contributed by atoms with van der Waals surface area (Å²) in [6, 6.07) is 4.06. The fourth-order valence-electron chi connectivity index (χ4n) is 5.98. The quantitative estimate of drug-likeness (QED) is 0.445. The summed E-state index contributed by atoms with van der Waals surface area (Å²) in [5.41, 5.74) is 4.03. The second-order valence-corrected chi connectivity index (χ2v) is 11.5. The predicted octanol–water partition coefficient (Wildman–Crippen LogP) is 6.06. The van der Waals surface area contributed by atoms with E-state index in [-0.39, 0.29) is 29.3 Å². The van der Waals surface area contributed by atoms with Crippen molar-refractivity contribution in [2.75, 3.05) is 41.4 Å². The summed E-state index contributed by atoms with van der Waals surface area (Å²) in [5.74, 6) is 2.37. The third-order valence-electron chi connectivity index (χ3n) is 7.92. The number of rotatable bonds is 8. The Balaban J connectivity index is 1.91. The Labute approximate surface area is 221 Å². The average molecular weight is 513 g/mol. The van der Waals surface area contributed by atoms with Gasteiger partial charge in [-0.15, -0.1) is 0 Å². The number of nitrogens with zero attached hydrogens (tertiary/aromatic N) is 2. The molecule has 0 bridgehead atoms. The largest absolute Gasteiger partial charge is 0.504 e. The molecule has 0 fully saturated rings. The van der Waals surface area contributed by atoms with Crippen LogP contribution in [-0.4, -0.2) is 61.4 Å². The van der Waals surface area contributed by atoms with Crippen LogP contribution in [0.1, 0.15) is 74.9 Å². The van der Waals surface area contributed by atoms with E-state index >= 15 is 0 Å². The SMILES string of the molecule is COc1cc2c(c(Oc3c(OC)cc4c(c3O)[C@@H](CC(C)C)N(C)CC4)c1O)[C@@H](CC(C)C)N(C)CC2. The van der Waals surface area contributed by atoms with Crippen molar-refractivity contribution in [1.29, 1.82) is 0 Å². The number of benzene rings is 2. The van der Waals surface area contributed by atoms with Crippen LogP contribution < -0.4 is 14.2 Å². The summed E-state index contributed by atoms with van der Waals surface area (Å²) in [4.78, 5) is 4.62. The maximum atomic E-state index is 11.7. The fraction of sp³-hybridized carbons (Fsp3) is 0.600. The van der Waals surface area contributed by atoms with Gasteiger partial charge in [0.05, 0.1) is 14.2 Å². The topological polar surface area (TPSA) is 74.6 Å². The fourth-order valence-corrected chi connectivity index (χ4v) is 5.98. The van der Waals surface area contributed by atoms with Gasteiger partial charge in [-0.05, 0) is 74.9 Å². The molecule has 2 aromatic rings. The second-order valence-electron chi connectivity index (χ2n) is 11.5. The Morgan fingerprint density at radius 2 is 1.24 bits per heavy atom. The zero-order valence-corrected chi connectivity index (χ0v) is 23.7. The molecule has 37 heavy (non-hydrogen) atoms. The second kappa shape index (κ2) is 11.0. The van der Waals surface area contributed by atoms with Gasteiger partial charge < -0.3 is 24.4 Å². The monoisotopic (exact) mass is 512 g/mol. The van der Waals surface area contributed by atoms with E-state index in [2.05, 4.69) is 51.6 Å². The number of likely N-dealkylation sites (N-methyl/N-ethyl adjacent to an activating group) is 2. The Morgan fingerprint density at radius 1 is 0.757 bits per heavy atom. The lowest BCUT2D eigenvalue weighted by Gasteiger charge is -2.38. The van der Waals surface area contributed by atoms with E-state index in [4.69, 9.17) is 14.2 Å². The molecule has 7 heteroatoms. The minimum atomic E-state index is -0.0553. The first kappa shape index (κ1) is 27.4. The normalized spacial score (nSPS) is 20.2. The van der Waals surface area contributed by atoms with Crippen molar-refractivity contribution in [1.82, 2.24) is 9.80 Å². The van der Waals surface area contributed by atoms with Crippen LogP contribution >= 0.6 is 0 Å². The maximum Gasteiger partial charge on any atom is 0.211 e. The first-order chi connectivity index (χ1) is 17.6. The number of hydrogen-bond donors (Lipinski definition) is 2. The standard InChI is InChI=1S/C30H44N2O5/c1-17(2)13-21-25-19(9-11-31(21)5)16-24(36-8)29(28(25)34)37-30-26-20(15-23(35-7)27(30)33)10-12-32(6)22(26)14-18(3)4/h15-18,21-22,33-34H,9-14H2,1-8H3/t21-,22-/m1/s1. The molecule has 0 unspecified atom stereocenters. The minimum Gasteiger partial charge on any atom is -0.504 e. The van der Waals surface area contributed by atoms with E-state index in [1.165, 1.54) is 0 Å². The lowest BCUT2D eigenvalue weighted by atomic mass is 9.86. The molecule has 0 amide bonds. The van der Waals surface area contributed by atoms with Crippen molar-refractivity contribution in [3.8, 4) is 34.5 Å². The predicted molar refractivity (Wildman–Crippen MR) is 146 cm³/mol. The van der Waals surface area contributed by atoms with Crippen LogP contribution in [0.2, 0.25) is 0 Å². The molecular formula is C30H44N2O5. The van der Waals surface area contributed by atoms with Gasteiger partial charge in [-0.1, -0.05) is 27.7 Å². The summed E-state index contributed by atoms with van der Waals surface area (Å²) in [5, 5.41) is 23.1. The van der Waals surface area contributed by atoms with Gasteiger partial charge in [-0.3, -0.25) is 9.80 Å². The van der Waals surface area contributed by atoms with E-state index < -0.39 is 0 Å². The molecule has 0 saturated carbocycles. The molecule has 2 atom stereocenters. The van der Waals surface area contributed by atoms with Gasteiger partial charge >= 0.3 is 0 Å². The number of aromatic hydroxyl groups is 2. The molecule has 7 nitrogen and oxygen atoms in total. The van der Waals surface area contributed by atoms with Crippen LogP contribution in [0.15, 0.2) is 12.1 Å². The highest BCUT2D eigenvalue weighted by molar-refractivity contribution is 5.66.